The molecule has 3 amide bonds. The van der Waals surface area contributed by atoms with Gasteiger partial charge in [-0.25, -0.2) is 4.39 Å². The normalized spacial score (nSPS) is 25.9. The number of carbonyl (C=O) groups excluding carboxylic acids is 3. The second-order valence-corrected chi connectivity index (χ2v) is 8.47. The van der Waals surface area contributed by atoms with Crippen molar-refractivity contribution >= 4 is 23.4 Å². The van der Waals surface area contributed by atoms with Gasteiger partial charge in [-0.3, -0.25) is 24.6 Å². The summed E-state index contributed by atoms with van der Waals surface area (Å²) < 4.78 is 46.4. The number of anilines is 1. The van der Waals surface area contributed by atoms with E-state index in [0.29, 0.717) is 30.2 Å². The number of piperidine rings is 1. The number of fused-ring (bicyclic) bond motifs is 1. The highest BCUT2D eigenvalue weighted by molar-refractivity contribution is 6.06. The van der Waals surface area contributed by atoms with Crippen LogP contribution in [-0.4, -0.2) is 59.8 Å². The Morgan fingerprint density at radius 2 is 2.03 bits per heavy atom. The van der Waals surface area contributed by atoms with Gasteiger partial charge in [0.1, 0.15) is 11.8 Å². The maximum absolute atomic E-state index is 14.9. The lowest BCUT2D eigenvalue weighted by atomic mass is 10.0. The summed E-state index contributed by atoms with van der Waals surface area (Å²) in [5, 5.41) is 5.07. The number of hydrogen-bond acceptors (Lipinski definition) is 6. The van der Waals surface area contributed by atoms with Gasteiger partial charge in [0.15, 0.2) is 0 Å². The van der Waals surface area contributed by atoms with E-state index in [1.807, 2.05) is 11.4 Å². The Hall–Kier alpha value is -3.30. The van der Waals surface area contributed by atoms with Gasteiger partial charge in [-0.05, 0) is 30.2 Å². The third-order valence-electron chi connectivity index (χ3n) is 6.19. The number of amides is 3. The molecule has 178 valence electrons. The van der Waals surface area contributed by atoms with E-state index in [-0.39, 0.29) is 36.2 Å². The highest BCUT2D eigenvalue weighted by Crippen LogP contribution is 2.32. The van der Waals surface area contributed by atoms with E-state index < -0.39 is 36.1 Å². The number of nitrogens with zero attached hydrogens (tertiary/aromatic N) is 2. The highest BCUT2D eigenvalue weighted by Gasteiger charge is 2.39. The molecule has 9 heteroatoms. The molecule has 0 aliphatic carbocycles. The number of rotatable bonds is 6. The minimum atomic E-state index is -2.52. The maximum Gasteiger partial charge on any atom is 0.255 e. The summed E-state index contributed by atoms with van der Waals surface area (Å²) in [6, 6.07) is 7.28. The fourth-order valence-corrected chi connectivity index (χ4v) is 4.33. The van der Waals surface area contributed by atoms with Crippen molar-refractivity contribution in [1.29, 1.82) is 0 Å². The fraction of sp³-hybridized carbons (Fsp3) is 0.400. The molecule has 2 aromatic rings. The predicted molar refractivity (Wildman–Crippen MR) is 122 cm³/mol. The van der Waals surface area contributed by atoms with E-state index in [4.69, 9.17) is 8.85 Å². The van der Waals surface area contributed by atoms with Gasteiger partial charge >= 0.3 is 0 Å². The Morgan fingerprint density at radius 1 is 1.21 bits per heavy atom. The smallest absolute Gasteiger partial charge is 0.255 e. The molecule has 2 aromatic carbocycles. The summed E-state index contributed by atoms with van der Waals surface area (Å²) in [4.78, 5) is 40.2. The maximum atomic E-state index is 14.9. The molecule has 2 saturated heterocycles. The van der Waals surface area contributed by atoms with Gasteiger partial charge in [0, 0.05) is 61.5 Å². The number of morpholine rings is 1. The quantitative estimate of drug-likeness (QED) is 0.630. The lowest BCUT2D eigenvalue weighted by Gasteiger charge is -2.29. The average molecular weight is 470 g/mol. The third kappa shape index (κ3) is 4.53. The minimum Gasteiger partial charge on any atom is -0.381 e. The van der Waals surface area contributed by atoms with E-state index in [0.717, 1.165) is 18.7 Å². The van der Waals surface area contributed by atoms with Crippen LogP contribution in [0.3, 0.4) is 0 Å². The first-order valence-corrected chi connectivity index (χ1v) is 11.2. The minimum absolute atomic E-state index is 0.00709. The summed E-state index contributed by atoms with van der Waals surface area (Å²) in [5.74, 6) is -2.83. The van der Waals surface area contributed by atoms with Crippen LogP contribution in [-0.2, 0) is 33.9 Å². The molecular formula is C25H27FN4O4. The van der Waals surface area contributed by atoms with Crippen LogP contribution in [0.25, 0.3) is 0 Å². The second kappa shape index (κ2) is 9.52. The molecule has 3 aliphatic heterocycles. The van der Waals surface area contributed by atoms with E-state index in [9.17, 15) is 18.8 Å². The van der Waals surface area contributed by atoms with Gasteiger partial charge in [-0.2, -0.15) is 0 Å². The zero-order valence-corrected chi connectivity index (χ0v) is 18.5. The van der Waals surface area contributed by atoms with Crippen LogP contribution in [0.4, 0.5) is 10.1 Å². The van der Waals surface area contributed by atoms with Crippen molar-refractivity contribution < 1.29 is 27.6 Å². The van der Waals surface area contributed by atoms with Crippen LogP contribution < -0.4 is 10.6 Å². The second-order valence-electron chi connectivity index (χ2n) is 8.47. The number of carbonyl (C=O) groups is 3. The number of imide groups is 1. The van der Waals surface area contributed by atoms with Gasteiger partial charge < -0.3 is 15.0 Å². The molecule has 5 rings (SSSR count). The van der Waals surface area contributed by atoms with Gasteiger partial charge in [0.25, 0.3) is 5.91 Å². The molecule has 0 saturated carbocycles. The monoisotopic (exact) mass is 469 g/mol. The van der Waals surface area contributed by atoms with E-state index >= 15 is 0 Å². The summed E-state index contributed by atoms with van der Waals surface area (Å²) in [6.07, 6.45) is -0.501. The zero-order valence-electron chi connectivity index (χ0n) is 21.5. The SMILES string of the molecule is [2H]C1([2H])c2c(NCc3ccc(CN4CCOCC4)cc3F)cccc2C(=O)N1[C@]1([2H])CCC(=O)NC1=O. The number of halogens is 1. The largest absolute Gasteiger partial charge is 0.381 e. The van der Waals surface area contributed by atoms with Crippen LogP contribution in [0, 0.1) is 5.82 Å². The van der Waals surface area contributed by atoms with Crippen LogP contribution in [0.2, 0.25) is 0 Å². The molecule has 8 nitrogen and oxygen atoms in total. The van der Waals surface area contributed by atoms with E-state index in [1.165, 1.54) is 12.1 Å². The molecule has 0 unspecified atom stereocenters. The first-order chi connectivity index (χ1) is 17.6. The highest BCUT2D eigenvalue weighted by atomic mass is 19.1. The van der Waals surface area contributed by atoms with E-state index in [1.54, 1.807) is 18.2 Å². The number of ether oxygens (including phenoxy) is 1. The first kappa shape index (κ1) is 19.1. The first-order valence-electron chi connectivity index (χ1n) is 12.7. The molecule has 0 radical (unpaired) electrons. The molecule has 2 N–H and O–H groups in total. The van der Waals surface area contributed by atoms with Crippen molar-refractivity contribution in [2.45, 2.75) is 38.4 Å². The van der Waals surface area contributed by atoms with Gasteiger partial charge in [-0.15, -0.1) is 0 Å². The Labute approximate surface area is 201 Å². The fourth-order valence-electron chi connectivity index (χ4n) is 4.33. The standard InChI is InChI=1S/C25H27FN4O4/c26-20-12-16(14-29-8-10-34-11-9-29)4-5-17(20)13-27-21-3-1-2-18-19(21)15-30(25(18)33)22-6-7-23(31)28-24(22)32/h1-5,12,22,27H,6-11,13-15H2,(H,28,31,32)/t22-/m1/s1/i15D2,22D. The molecule has 2 fully saturated rings. The number of nitrogens with one attached hydrogen (secondary N) is 2. The van der Waals surface area contributed by atoms with Crippen molar-refractivity contribution in [2.75, 3.05) is 31.6 Å². The van der Waals surface area contributed by atoms with E-state index in [2.05, 4.69) is 10.2 Å². The molecule has 0 aromatic heterocycles. The molecule has 0 bridgehead atoms. The lowest BCUT2D eigenvalue weighted by Crippen LogP contribution is -2.52. The van der Waals surface area contributed by atoms with Crippen molar-refractivity contribution in [3.8, 4) is 0 Å². The molecule has 3 aliphatic rings. The summed E-state index contributed by atoms with van der Waals surface area (Å²) in [5.41, 5.74) is 1.44. The molecule has 3 heterocycles. The Balaban J connectivity index is 1.36. The van der Waals surface area contributed by atoms with Crippen LogP contribution in [0.5, 0.6) is 0 Å². The van der Waals surface area contributed by atoms with Crippen molar-refractivity contribution in [3.63, 3.8) is 0 Å². The predicted octanol–water partition coefficient (Wildman–Crippen LogP) is 2.03. The third-order valence-corrected chi connectivity index (χ3v) is 6.19. The molecular weight excluding hydrogens is 439 g/mol. The molecule has 34 heavy (non-hydrogen) atoms. The summed E-state index contributed by atoms with van der Waals surface area (Å²) in [6.45, 7) is 1.03. The molecule has 0 spiro atoms. The van der Waals surface area contributed by atoms with Gasteiger partial charge in [-0.1, -0.05) is 18.2 Å². The number of hydrogen-bond donors (Lipinski definition) is 2. The van der Waals surface area contributed by atoms with Gasteiger partial charge in [0.2, 0.25) is 11.8 Å². The van der Waals surface area contributed by atoms with Crippen LogP contribution in [0.15, 0.2) is 36.4 Å². The Morgan fingerprint density at radius 3 is 2.79 bits per heavy atom. The number of benzene rings is 2. The van der Waals surface area contributed by atoms with Crippen LogP contribution in [0.1, 0.15) is 44.0 Å². The van der Waals surface area contributed by atoms with Crippen molar-refractivity contribution in [2.24, 2.45) is 0 Å². The average Bonchev–Trinajstić information content (AvgIpc) is 3.08. The van der Waals surface area contributed by atoms with Gasteiger partial charge in [0.05, 0.1) is 17.3 Å². The Bertz CT molecular complexity index is 1270. The summed E-state index contributed by atoms with van der Waals surface area (Å²) >= 11 is 0. The van der Waals surface area contributed by atoms with Crippen molar-refractivity contribution in [1.82, 2.24) is 15.1 Å². The van der Waals surface area contributed by atoms with Crippen LogP contribution >= 0.6 is 0 Å². The topological polar surface area (TPSA) is 91.0 Å². The Kier molecular flexibility index (Phi) is 5.33. The zero-order chi connectivity index (χ0) is 26.4. The molecule has 1 atom stereocenters. The lowest BCUT2D eigenvalue weighted by molar-refractivity contribution is -0.136. The summed E-state index contributed by atoms with van der Waals surface area (Å²) in [7, 11) is 0. The van der Waals surface area contributed by atoms with Crippen molar-refractivity contribution in [3.05, 3.63) is 64.5 Å².